The molecule has 0 saturated carbocycles. The SMILES string of the molecule is O=C(NCCc1ccccc1)C1CN(C(=O)CCc2nc(-c3ccc(F)cc3)no2)c2ccccc2O1. The molecule has 2 heterocycles. The topological polar surface area (TPSA) is 97.6 Å². The third kappa shape index (κ3) is 5.83. The monoisotopic (exact) mass is 500 g/mol. The van der Waals surface area contributed by atoms with Crippen molar-refractivity contribution in [3.63, 3.8) is 0 Å². The number of halogens is 1. The second-order valence-electron chi connectivity index (χ2n) is 8.62. The van der Waals surface area contributed by atoms with Gasteiger partial charge in [0.1, 0.15) is 11.6 Å². The van der Waals surface area contributed by atoms with Gasteiger partial charge in [-0.25, -0.2) is 4.39 Å². The number of nitrogens with one attached hydrogen (secondary N) is 1. The molecule has 1 aliphatic heterocycles. The highest BCUT2D eigenvalue weighted by atomic mass is 19.1. The van der Waals surface area contributed by atoms with E-state index >= 15 is 0 Å². The van der Waals surface area contributed by atoms with Crippen LogP contribution < -0.4 is 15.0 Å². The largest absolute Gasteiger partial charge is 0.477 e. The van der Waals surface area contributed by atoms with Crippen LogP contribution in [0, 0.1) is 5.82 Å². The van der Waals surface area contributed by atoms with Crippen LogP contribution in [-0.4, -0.2) is 41.1 Å². The van der Waals surface area contributed by atoms with E-state index in [4.69, 9.17) is 9.26 Å². The van der Waals surface area contributed by atoms with Crippen LogP contribution in [0.4, 0.5) is 10.1 Å². The number of benzene rings is 3. The molecule has 0 fully saturated rings. The summed E-state index contributed by atoms with van der Waals surface area (Å²) in [6.45, 7) is 0.559. The lowest BCUT2D eigenvalue weighted by Gasteiger charge is -2.34. The van der Waals surface area contributed by atoms with Crippen LogP contribution >= 0.6 is 0 Å². The number of amides is 2. The molecular formula is C28H25FN4O4. The second kappa shape index (κ2) is 11.0. The van der Waals surface area contributed by atoms with Gasteiger partial charge in [0, 0.05) is 24.9 Å². The summed E-state index contributed by atoms with van der Waals surface area (Å²) in [5, 5.41) is 6.83. The van der Waals surface area contributed by atoms with E-state index in [9.17, 15) is 14.0 Å². The molecule has 9 heteroatoms. The number of para-hydroxylation sites is 2. The predicted octanol–water partition coefficient (Wildman–Crippen LogP) is 3.96. The van der Waals surface area contributed by atoms with Crippen molar-refractivity contribution in [1.29, 1.82) is 0 Å². The molecule has 2 amide bonds. The fourth-order valence-electron chi connectivity index (χ4n) is 4.12. The van der Waals surface area contributed by atoms with E-state index in [1.54, 1.807) is 35.2 Å². The number of rotatable bonds is 8. The van der Waals surface area contributed by atoms with Crippen LogP contribution in [0.3, 0.4) is 0 Å². The first kappa shape index (κ1) is 24.2. The van der Waals surface area contributed by atoms with Gasteiger partial charge in [-0.05, 0) is 48.4 Å². The zero-order valence-corrected chi connectivity index (χ0v) is 20.0. The average molecular weight is 501 g/mol. The lowest BCUT2D eigenvalue weighted by Crippen LogP contribution is -2.51. The van der Waals surface area contributed by atoms with Crippen molar-refractivity contribution in [3.8, 4) is 17.1 Å². The maximum Gasteiger partial charge on any atom is 0.262 e. The Morgan fingerprint density at radius 3 is 2.54 bits per heavy atom. The van der Waals surface area contributed by atoms with Crippen LogP contribution in [0.25, 0.3) is 11.4 Å². The first-order chi connectivity index (χ1) is 18.1. The third-order valence-electron chi connectivity index (χ3n) is 6.05. The summed E-state index contributed by atoms with van der Waals surface area (Å²) in [5.41, 5.74) is 2.35. The van der Waals surface area contributed by atoms with Crippen molar-refractivity contribution in [2.75, 3.05) is 18.0 Å². The summed E-state index contributed by atoms with van der Waals surface area (Å²) in [6.07, 6.45) is 0.188. The quantitative estimate of drug-likeness (QED) is 0.393. The van der Waals surface area contributed by atoms with Gasteiger partial charge in [0.15, 0.2) is 6.10 Å². The summed E-state index contributed by atoms with van der Waals surface area (Å²) in [5.74, 6) is 0.271. The standard InChI is InChI=1S/C28H25FN4O4/c29-21-12-10-20(11-13-21)27-31-25(37-32-27)14-15-26(34)33-18-24(36-23-9-5-4-8-22(23)33)28(35)30-17-16-19-6-2-1-3-7-19/h1-13,24H,14-18H2,(H,30,35). The summed E-state index contributed by atoms with van der Waals surface area (Å²) in [4.78, 5) is 32.0. The predicted molar refractivity (Wildman–Crippen MR) is 134 cm³/mol. The lowest BCUT2D eigenvalue weighted by atomic mass is 10.1. The molecule has 1 aliphatic rings. The van der Waals surface area contributed by atoms with Gasteiger partial charge >= 0.3 is 0 Å². The summed E-state index contributed by atoms with van der Waals surface area (Å²) in [6, 6.07) is 22.8. The van der Waals surface area contributed by atoms with Gasteiger partial charge in [-0.15, -0.1) is 0 Å². The zero-order valence-electron chi connectivity index (χ0n) is 20.0. The highest BCUT2D eigenvalue weighted by Crippen LogP contribution is 2.33. The minimum atomic E-state index is -0.830. The van der Waals surface area contributed by atoms with E-state index in [-0.39, 0.29) is 37.0 Å². The van der Waals surface area contributed by atoms with E-state index in [1.807, 2.05) is 36.4 Å². The fourth-order valence-corrected chi connectivity index (χ4v) is 4.12. The Hall–Kier alpha value is -4.53. The first-order valence-corrected chi connectivity index (χ1v) is 12.0. The molecule has 5 rings (SSSR count). The van der Waals surface area contributed by atoms with Crippen molar-refractivity contribution >= 4 is 17.5 Å². The fraction of sp³-hybridized carbons (Fsp3) is 0.214. The number of aromatic nitrogens is 2. The minimum absolute atomic E-state index is 0.0949. The van der Waals surface area contributed by atoms with Gasteiger partial charge in [0.25, 0.3) is 5.91 Å². The molecule has 0 radical (unpaired) electrons. The van der Waals surface area contributed by atoms with E-state index in [0.717, 1.165) is 5.56 Å². The molecule has 188 valence electrons. The first-order valence-electron chi connectivity index (χ1n) is 12.0. The number of fused-ring (bicyclic) bond motifs is 1. The molecule has 1 atom stereocenters. The number of aryl methyl sites for hydroxylation is 1. The Kier molecular flexibility index (Phi) is 7.21. The molecule has 0 spiro atoms. The van der Waals surface area contributed by atoms with Crippen LogP contribution in [0.2, 0.25) is 0 Å². The Bertz CT molecular complexity index is 1370. The molecule has 1 unspecified atom stereocenters. The summed E-state index contributed by atoms with van der Waals surface area (Å²) < 4.78 is 24.4. The van der Waals surface area contributed by atoms with E-state index in [2.05, 4.69) is 15.5 Å². The molecule has 0 bridgehead atoms. The molecule has 1 aromatic heterocycles. The maximum absolute atomic E-state index is 13.2. The molecule has 37 heavy (non-hydrogen) atoms. The van der Waals surface area contributed by atoms with Crippen molar-refractivity contribution in [1.82, 2.24) is 15.5 Å². The third-order valence-corrected chi connectivity index (χ3v) is 6.05. The maximum atomic E-state index is 13.2. The summed E-state index contributed by atoms with van der Waals surface area (Å²) >= 11 is 0. The van der Waals surface area contributed by atoms with Gasteiger partial charge < -0.3 is 19.5 Å². The Morgan fingerprint density at radius 1 is 0.973 bits per heavy atom. The van der Waals surface area contributed by atoms with Crippen molar-refractivity contribution in [2.45, 2.75) is 25.4 Å². The van der Waals surface area contributed by atoms with Crippen LogP contribution in [0.1, 0.15) is 17.9 Å². The van der Waals surface area contributed by atoms with E-state index in [0.29, 0.717) is 41.7 Å². The average Bonchev–Trinajstić information content (AvgIpc) is 3.41. The van der Waals surface area contributed by atoms with Gasteiger partial charge in [-0.2, -0.15) is 4.98 Å². The van der Waals surface area contributed by atoms with Crippen LogP contribution in [0.15, 0.2) is 83.4 Å². The number of carbonyl (C=O) groups excluding carboxylic acids is 2. The number of hydrogen-bond acceptors (Lipinski definition) is 6. The highest BCUT2D eigenvalue weighted by molar-refractivity contribution is 5.97. The van der Waals surface area contributed by atoms with Gasteiger partial charge in [-0.3, -0.25) is 9.59 Å². The number of carbonyl (C=O) groups is 2. The van der Waals surface area contributed by atoms with Crippen molar-refractivity contribution in [2.24, 2.45) is 0 Å². The number of nitrogens with zero attached hydrogens (tertiary/aromatic N) is 3. The smallest absolute Gasteiger partial charge is 0.262 e. The van der Waals surface area contributed by atoms with E-state index < -0.39 is 6.10 Å². The molecular weight excluding hydrogens is 475 g/mol. The van der Waals surface area contributed by atoms with Crippen molar-refractivity contribution < 1.29 is 23.2 Å². The van der Waals surface area contributed by atoms with Crippen LogP contribution in [0.5, 0.6) is 5.75 Å². The molecule has 3 aromatic carbocycles. The van der Waals surface area contributed by atoms with Gasteiger partial charge in [0.05, 0.1) is 12.2 Å². The zero-order chi connectivity index (χ0) is 25.6. The molecule has 1 N–H and O–H groups in total. The van der Waals surface area contributed by atoms with Gasteiger partial charge in [0.2, 0.25) is 17.6 Å². The second-order valence-corrected chi connectivity index (χ2v) is 8.62. The van der Waals surface area contributed by atoms with Crippen LogP contribution in [-0.2, 0) is 22.4 Å². The Balaban J connectivity index is 1.21. The number of anilines is 1. The van der Waals surface area contributed by atoms with E-state index in [1.165, 1.54) is 12.1 Å². The number of hydrogen-bond donors (Lipinski definition) is 1. The summed E-state index contributed by atoms with van der Waals surface area (Å²) in [7, 11) is 0. The molecule has 0 aliphatic carbocycles. The minimum Gasteiger partial charge on any atom is -0.477 e. The number of ether oxygens (including phenoxy) is 1. The normalized spacial score (nSPS) is 14.5. The Morgan fingerprint density at radius 2 is 1.73 bits per heavy atom. The van der Waals surface area contributed by atoms with Gasteiger partial charge in [-0.1, -0.05) is 47.6 Å². The van der Waals surface area contributed by atoms with Crippen molar-refractivity contribution in [3.05, 3.63) is 96.1 Å². The molecule has 8 nitrogen and oxygen atoms in total. The lowest BCUT2D eigenvalue weighted by molar-refractivity contribution is -0.128. The highest BCUT2D eigenvalue weighted by Gasteiger charge is 2.33. The Labute approximate surface area is 213 Å². The molecule has 0 saturated heterocycles. The molecule has 4 aromatic rings.